The fourth-order valence-corrected chi connectivity index (χ4v) is 1.40. The molecule has 0 bridgehead atoms. The van der Waals surface area contributed by atoms with Crippen molar-refractivity contribution in [3.63, 3.8) is 0 Å². The number of hydrogen-bond acceptors (Lipinski definition) is 2. The van der Waals surface area contributed by atoms with Gasteiger partial charge in [0.1, 0.15) is 0 Å². The summed E-state index contributed by atoms with van der Waals surface area (Å²) in [6.07, 6.45) is 2.40. The third-order valence-electron chi connectivity index (χ3n) is 2.21. The van der Waals surface area contributed by atoms with E-state index in [1.54, 1.807) is 14.1 Å². The number of quaternary nitrogens is 1. The lowest BCUT2D eigenvalue weighted by Gasteiger charge is -2.33. The predicted molar refractivity (Wildman–Crippen MR) is 56.8 cm³/mol. The maximum atomic E-state index is 11.1. The van der Waals surface area contributed by atoms with E-state index in [1.807, 2.05) is 6.92 Å². The van der Waals surface area contributed by atoms with E-state index in [0.717, 1.165) is 12.5 Å². The van der Waals surface area contributed by atoms with Crippen LogP contribution in [0.15, 0.2) is 12.7 Å². The van der Waals surface area contributed by atoms with Crippen molar-refractivity contribution in [3.05, 3.63) is 12.7 Å². The number of nitrogens with one attached hydrogen (secondary N) is 1. The van der Waals surface area contributed by atoms with E-state index in [0.29, 0.717) is 6.42 Å². The maximum absolute atomic E-state index is 11.1. The van der Waals surface area contributed by atoms with Crippen LogP contribution in [-0.4, -0.2) is 41.7 Å². The Balaban J connectivity index is 4.69. The van der Waals surface area contributed by atoms with Gasteiger partial charge in [-0.05, 0) is 6.42 Å². The highest BCUT2D eigenvalue weighted by atomic mass is 16.4. The predicted octanol–water partition coefficient (Wildman–Crippen LogP) is 0.533. The molecule has 15 heavy (non-hydrogen) atoms. The van der Waals surface area contributed by atoms with E-state index < -0.39 is 12.0 Å². The molecule has 0 saturated heterocycles. The number of amides is 1. The second-order valence-corrected chi connectivity index (χ2v) is 3.86. The normalized spacial score (nSPS) is 13.0. The molecular weight excluding hydrogens is 196 g/mol. The fraction of sp³-hybridized carbons (Fsp3) is 0.600. The minimum Gasteiger partial charge on any atom is -0.477 e. The van der Waals surface area contributed by atoms with Gasteiger partial charge in [-0.3, -0.25) is 4.79 Å². The molecule has 5 nitrogen and oxygen atoms in total. The Morgan fingerprint density at radius 3 is 2.40 bits per heavy atom. The van der Waals surface area contributed by atoms with Crippen molar-refractivity contribution in [3.8, 4) is 0 Å². The Morgan fingerprint density at radius 2 is 2.07 bits per heavy atom. The van der Waals surface area contributed by atoms with Gasteiger partial charge in [-0.25, -0.2) is 9.39 Å². The first kappa shape index (κ1) is 13.6. The number of carbonyl (C=O) groups is 2. The molecule has 2 N–H and O–H groups in total. The summed E-state index contributed by atoms with van der Waals surface area (Å²) in [5, 5.41) is 9.03. The molecule has 0 aliphatic carbocycles. The highest BCUT2D eigenvalue weighted by Crippen LogP contribution is 2.10. The summed E-state index contributed by atoms with van der Waals surface area (Å²) >= 11 is 0. The topological polar surface area (TPSA) is 66.4 Å². The molecule has 86 valence electrons. The molecule has 0 radical (unpaired) electrons. The van der Waals surface area contributed by atoms with E-state index in [4.69, 9.17) is 5.11 Å². The van der Waals surface area contributed by atoms with Gasteiger partial charge in [0.25, 0.3) is 5.91 Å². The third-order valence-corrected chi connectivity index (χ3v) is 2.21. The average molecular weight is 215 g/mol. The number of rotatable bonds is 6. The number of carboxylic acids is 1. The summed E-state index contributed by atoms with van der Waals surface area (Å²) in [5.74, 6) is -1.28. The van der Waals surface area contributed by atoms with Gasteiger partial charge in [-0.1, -0.05) is 13.5 Å². The van der Waals surface area contributed by atoms with Crippen molar-refractivity contribution in [2.45, 2.75) is 25.8 Å². The number of likely N-dealkylation sites (N-methyl/N-ethyl adjacent to an activating group) is 1. The van der Waals surface area contributed by atoms with Gasteiger partial charge in [0.2, 0.25) is 6.04 Å². The summed E-state index contributed by atoms with van der Waals surface area (Å²) in [6, 6.07) is -0.640. The summed E-state index contributed by atoms with van der Waals surface area (Å²) < 4.78 is -0.0754. The SMILES string of the molecule is C=CC(=O)N[N+](C)(C)C(CCC)C(=O)O. The largest absolute Gasteiger partial charge is 0.477 e. The van der Waals surface area contributed by atoms with Crippen LogP contribution in [0.25, 0.3) is 0 Å². The highest BCUT2D eigenvalue weighted by Gasteiger charge is 2.35. The van der Waals surface area contributed by atoms with Gasteiger partial charge in [0.05, 0.1) is 14.1 Å². The Kier molecular flexibility index (Phi) is 5.00. The van der Waals surface area contributed by atoms with Gasteiger partial charge in [-0.2, -0.15) is 5.43 Å². The maximum Gasteiger partial charge on any atom is 0.364 e. The van der Waals surface area contributed by atoms with Crippen LogP contribution in [0.4, 0.5) is 0 Å². The van der Waals surface area contributed by atoms with Crippen LogP contribution >= 0.6 is 0 Å². The van der Waals surface area contributed by atoms with Gasteiger partial charge in [0.15, 0.2) is 0 Å². The Bertz CT molecular complexity index is 261. The number of nitrogens with zero attached hydrogens (tertiary/aromatic N) is 1. The molecular formula is C10H19N2O3+. The Morgan fingerprint density at radius 1 is 1.53 bits per heavy atom. The molecule has 0 rings (SSSR count). The second-order valence-electron chi connectivity index (χ2n) is 3.86. The van der Waals surface area contributed by atoms with E-state index in [-0.39, 0.29) is 10.5 Å². The summed E-state index contributed by atoms with van der Waals surface area (Å²) in [5.41, 5.74) is 2.57. The van der Waals surface area contributed by atoms with Crippen molar-refractivity contribution in [1.29, 1.82) is 0 Å². The quantitative estimate of drug-likeness (QED) is 0.386. The zero-order valence-corrected chi connectivity index (χ0v) is 9.49. The molecule has 0 aromatic carbocycles. The molecule has 0 fully saturated rings. The number of carbonyl (C=O) groups excluding carboxylic acids is 1. The van der Waals surface area contributed by atoms with Crippen LogP contribution in [0.2, 0.25) is 0 Å². The third kappa shape index (κ3) is 4.12. The molecule has 0 spiro atoms. The van der Waals surface area contributed by atoms with E-state index >= 15 is 0 Å². The molecule has 0 aliphatic heterocycles. The molecule has 0 heterocycles. The second kappa shape index (κ2) is 5.50. The lowest BCUT2D eigenvalue weighted by molar-refractivity contribution is -0.940. The molecule has 0 saturated carbocycles. The first-order valence-corrected chi connectivity index (χ1v) is 4.86. The average Bonchev–Trinajstić information content (AvgIpc) is 2.12. The molecule has 0 aliphatic rings. The summed E-state index contributed by atoms with van der Waals surface area (Å²) in [4.78, 5) is 22.1. The first-order chi connectivity index (χ1) is 6.85. The van der Waals surface area contributed by atoms with Crippen molar-refractivity contribution >= 4 is 11.9 Å². The standard InChI is InChI=1S/C10H18N2O3/c1-5-7-8(10(14)15)12(3,4)11-9(13)6-2/h6,8H,2,5,7H2,1,3-4H3,(H-,11,13,14,15)/p+1. The Labute approximate surface area is 89.9 Å². The number of aliphatic carboxylic acids is 1. The van der Waals surface area contributed by atoms with Gasteiger partial charge in [-0.15, -0.1) is 0 Å². The zero-order valence-electron chi connectivity index (χ0n) is 9.49. The lowest BCUT2D eigenvalue weighted by atomic mass is 10.1. The minimum atomic E-state index is -0.911. The van der Waals surface area contributed by atoms with E-state index in [9.17, 15) is 9.59 Å². The van der Waals surface area contributed by atoms with Crippen LogP contribution in [0.1, 0.15) is 19.8 Å². The van der Waals surface area contributed by atoms with Crippen LogP contribution in [0.5, 0.6) is 0 Å². The van der Waals surface area contributed by atoms with Crippen LogP contribution in [0, 0.1) is 0 Å². The van der Waals surface area contributed by atoms with Crippen molar-refractivity contribution in [1.82, 2.24) is 5.43 Å². The van der Waals surface area contributed by atoms with Crippen molar-refractivity contribution < 1.29 is 19.3 Å². The zero-order chi connectivity index (χ0) is 12.1. The van der Waals surface area contributed by atoms with Gasteiger partial charge < -0.3 is 5.11 Å². The molecule has 5 heteroatoms. The first-order valence-electron chi connectivity index (χ1n) is 4.86. The van der Waals surface area contributed by atoms with Gasteiger partial charge in [0, 0.05) is 12.5 Å². The Hall–Kier alpha value is -1.36. The van der Waals surface area contributed by atoms with Crippen LogP contribution in [-0.2, 0) is 9.59 Å². The van der Waals surface area contributed by atoms with Crippen molar-refractivity contribution in [2.24, 2.45) is 0 Å². The molecule has 1 unspecified atom stereocenters. The summed E-state index contributed by atoms with van der Waals surface area (Å²) in [7, 11) is 3.30. The highest BCUT2D eigenvalue weighted by molar-refractivity contribution is 5.86. The van der Waals surface area contributed by atoms with Gasteiger partial charge >= 0.3 is 5.97 Å². The molecule has 1 atom stereocenters. The fourth-order valence-electron chi connectivity index (χ4n) is 1.40. The van der Waals surface area contributed by atoms with Crippen LogP contribution in [0.3, 0.4) is 0 Å². The molecule has 0 aromatic heterocycles. The van der Waals surface area contributed by atoms with Crippen molar-refractivity contribution in [2.75, 3.05) is 14.1 Å². The van der Waals surface area contributed by atoms with E-state index in [1.165, 1.54) is 0 Å². The molecule has 0 aromatic rings. The summed E-state index contributed by atoms with van der Waals surface area (Å²) in [6.45, 7) is 5.23. The molecule has 1 amide bonds. The van der Waals surface area contributed by atoms with E-state index in [2.05, 4.69) is 12.0 Å². The lowest BCUT2D eigenvalue weighted by Crippen LogP contribution is -2.62. The monoisotopic (exact) mass is 215 g/mol. The van der Waals surface area contributed by atoms with Crippen LogP contribution < -0.4 is 5.43 Å². The smallest absolute Gasteiger partial charge is 0.364 e. The minimum absolute atomic E-state index is 0.0754. The number of hydrogen-bond donors (Lipinski definition) is 2. The number of carboxylic acid groups (broad SMARTS) is 1.